The molecule has 8 N–H and O–H groups in total. The molecule has 0 aliphatic heterocycles. The molecule has 0 fully saturated rings. The zero-order valence-corrected chi connectivity index (χ0v) is 67.3. The summed E-state index contributed by atoms with van der Waals surface area (Å²) >= 11 is 1.65. The van der Waals surface area contributed by atoms with E-state index in [0.29, 0.717) is 63.5 Å². The molecule has 0 spiro atoms. The zero-order valence-electron chi connectivity index (χ0n) is 115. The molecule has 4 amide bonds. The Morgan fingerprint density at radius 1 is 0.333 bits per heavy atom. The van der Waals surface area contributed by atoms with E-state index in [4.69, 9.17) is 87.9 Å². The van der Waals surface area contributed by atoms with Crippen LogP contribution in [0.5, 0.6) is 0 Å². The SMILES string of the molecule is [2H]c1c(C([2H])([2H])[2H])cc(C([2H])([2H])[2H])c(N([2H])C(=O)c2sccc2S(=O)(=O)N([2H])c2onc(C([2H])([2H])[2H])c2C)c1C(=O)C([2H])([2H])[2H].[2H]c1c(C([2H])([2H])[2H])cc(C([2H])([2H])[2H])c(N([2H])C(=O)c2sccc2S(=O)(=O)N([2H])c2onc(C)c2C([2H])([2H])[2H])c1C(=O)C([2H])([2H])[2H].[2H]c1c(C([2H])([2H])[2H])cc(C([2H])([2H])[2H])c(N([2H])C(=O)c2sccc2S(=O)(=O)N([2H])c2onc(C)c2C)c1C(=O)C([2H])([2H])[2H].[2H]c1c(C)cc(C)c(N([2H])C(=O)c2sccc2S(=O)(=O)N([2H])c2onc(C([2H])([2H])[2H])c2C([2H])([2H])[2H])c1C(=O)C([2H])([2H])[2H]. The second kappa shape index (κ2) is 37.2. The number of sulfonamides is 4. The second-order valence-corrected chi connectivity index (χ2v) is 33.3. The van der Waals surface area contributed by atoms with E-state index in [1.807, 2.05) is 0 Å². The lowest BCUT2D eigenvalue weighted by atomic mass is 10.0. The van der Waals surface area contributed by atoms with Crippen LogP contribution in [-0.4, -0.2) is 101 Å². The molecule has 632 valence electrons. The van der Waals surface area contributed by atoms with Gasteiger partial charge in [0, 0.05) is 102 Å². The number of aromatic nitrogens is 4. The van der Waals surface area contributed by atoms with Gasteiger partial charge < -0.3 is 39.3 Å². The average Bonchev–Trinajstić information content (AvgIpc) is 0.993. The standard InChI is InChI=1S/4C20H21N3O5S2/c4*1-10-8-11(2)17(15(9-10)14(5)24)21-19(25)18-16(6-7-29-18)30(26,27)23-20-12(3)13(4)22-28-20/h4*6-9,23H,1-5H3,(H,21,25)/i1D3,2D3,4D3,5D3,9D;1D3,2D3,3D3,5D3,9D;3D3,4D3,5D3,9D;1D3,2D3,5D3,9D/hD8. The van der Waals surface area contributed by atoms with Crippen molar-refractivity contribution in [1.29, 1.82) is 0 Å². The number of aryl methyl sites for hydroxylation is 12. The van der Waals surface area contributed by atoms with Gasteiger partial charge >= 0.3 is 0 Å². The third-order valence-corrected chi connectivity index (χ3v) is 24.4. The van der Waals surface area contributed by atoms with Gasteiger partial charge in [-0.3, -0.25) is 38.4 Å². The molecular weight excluding hydrogens is 1710 g/mol. The number of nitrogens with one attached hydrogen (secondary N) is 8. The van der Waals surface area contributed by atoms with Crippen molar-refractivity contribution in [2.75, 3.05) is 40.1 Å². The minimum Gasteiger partial charge on any atom is -0.337 e. The summed E-state index contributed by atoms with van der Waals surface area (Å²) in [5, 5.41) is 16.7. The number of hydrogen-bond donors (Lipinski definition) is 8. The van der Waals surface area contributed by atoms with Gasteiger partial charge in [-0.2, -0.15) is 0 Å². The highest BCUT2D eigenvalue weighted by atomic mass is 32.2. The van der Waals surface area contributed by atoms with E-state index in [9.17, 15) is 72.0 Å². The molecule has 8 heterocycles. The zero-order chi connectivity index (χ0) is 134. The van der Waals surface area contributed by atoms with Crippen LogP contribution in [0.15, 0.2) is 132 Å². The van der Waals surface area contributed by atoms with Gasteiger partial charge in [-0.05, 0) is 252 Å². The predicted octanol–water partition coefficient (Wildman–Crippen LogP) is 16.9. The van der Waals surface area contributed by atoms with Crippen molar-refractivity contribution in [1.82, 2.24) is 20.6 Å². The third-order valence-electron chi connectivity index (χ3n) is 15.0. The van der Waals surface area contributed by atoms with Crippen LogP contribution in [0.25, 0.3) is 0 Å². The van der Waals surface area contributed by atoms with E-state index in [-0.39, 0.29) is 69.0 Å². The molecule has 0 saturated carbocycles. The summed E-state index contributed by atoms with van der Waals surface area (Å²) in [6.45, 7) is -38.3. The van der Waals surface area contributed by atoms with Crippen LogP contribution >= 0.6 is 45.3 Å². The smallest absolute Gasteiger partial charge is 0.267 e. The lowest BCUT2D eigenvalue weighted by molar-refractivity contribution is 0.100. The minimum absolute atomic E-state index is 0.0451. The number of ketones is 4. The van der Waals surface area contributed by atoms with Crippen LogP contribution in [0, 0.1) is 110 Å². The Bertz CT molecular complexity index is 8900. The van der Waals surface area contributed by atoms with Crippen LogP contribution in [0.4, 0.5) is 46.3 Å². The average molecular weight is 1840 g/mol. The van der Waals surface area contributed by atoms with E-state index in [1.54, 1.807) is 0 Å². The monoisotopic (exact) mass is 1840 g/mol. The first-order valence-electron chi connectivity index (χ1n) is 58.3. The maximum atomic E-state index is 13.6. The topological polar surface area (TPSA) is 473 Å². The summed E-state index contributed by atoms with van der Waals surface area (Å²) in [7, 11) is -20.5. The molecule has 32 nitrogen and oxygen atoms in total. The van der Waals surface area contributed by atoms with E-state index < -0.39 is 375 Å². The number of carbonyl (C=O) groups excluding carboxylic acids is 8. The molecular formula is C80H84N12O20S8. The fourth-order valence-corrected chi connectivity index (χ4v) is 18.3. The van der Waals surface area contributed by atoms with Gasteiger partial charge in [0.2, 0.25) is 23.5 Å². The van der Waals surface area contributed by atoms with Crippen molar-refractivity contribution in [3.63, 3.8) is 0 Å². The van der Waals surface area contributed by atoms with Gasteiger partial charge in [0.1, 0.15) is 39.1 Å². The van der Waals surface area contributed by atoms with Crippen LogP contribution in [0.3, 0.4) is 0 Å². The highest BCUT2D eigenvalue weighted by Crippen LogP contribution is 2.36. The van der Waals surface area contributed by atoms with E-state index in [2.05, 4.69) is 25.1 Å². The Labute approximate surface area is 784 Å². The Hall–Kier alpha value is -11.9. The summed E-state index contributed by atoms with van der Waals surface area (Å²) < 4.78 is 545. The number of anilines is 8. The van der Waals surface area contributed by atoms with Crippen molar-refractivity contribution in [3.8, 4) is 0 Å². The fraction of sp³-hybridized carbons (Fsp3) is 0.250. The summed E-state index contributed by atoms with van der Waals surface area (Å²) in [4.78, 5) is 99.0. The number of nitrogens with zero attached hydrogens (tertiary/aromatic N) is 4. The molecule has 0 aliphatic rings. The molecule has 0 unspecified atom stereocenters. The highest BCUT2D eigenvalue weighted by Gasteiger charge is 2.33. The van der Waals surface area contributed by atoms with Gasteiger partial charge in [-0.25, -0.2) is 52.5 Å². The molecule has 0 atom stereocenters. The minimum atomic E-state index is -5.22. The van der Waals surface area contributed by atoms with Crippen LogP contribution in [0.1, 0.15) is 260 Å². The summed E-state index contributed by atoms with van der Waals surface area (Å²) in [6.07, 6.45) is 0. The maximum Gasteiger partial charge on any atom is 0.267 e. The number of amides is 4. The van der Waals surface area contributed by atoms with Crippen LogP contribution < -0.4 is 40.1 Å². The molecule has 0 radical (unpaired) electrons. The number of rotatable bonds is 24. The lowest BCUT2D eigenvalue weighted by Gasteiger charge is -2.14. The van der Waals surface area contributed by atoms with Crippen LogP contribution in [0.2, 0.25) is 11.3 Å². The van der Waals surface area contributed by atoms with Crippen molar-refractivity contribution in [2.45, 2.75) is 157 Å². The summed E-state index contributed by atoms with van der Waals surface area (Å²) in [5.74, 6) is -17.4. The number of hydrogen-bond acceptors (Lipinski definition) is 28. The highest BCUT2D eigenvalue weighted by molar-refractivity contribution is 7.94. The first-order chi connectivity index (χ1) is 78.2. The Morgan fingerprint density at radius 3 is 0.850 bits per heavy atom. The normalized spacial score (nSPS) is 19.4. The van der Waals surface area contributed by atoms with E-state index in [1.165, 1.54) is 40.7 Å². The molecule has 12 aromatic rings. The number of Topliss-reactive ketones (excluding diaryl/α,β-unsaturated/α-hetero) is 4. The Morgan fingerprint density at radius 2 is 0.583 bits per heavy atom. The molecule has 0 aliphatic carbocycles. The number of carbonyl (C=O) groups is 8. The first-order valence-corrected chi connectivity index (χ1v) is 41.0. The molecule has 40 heteroatoms. The van der Waals surface area contributed by atoms with Gasteiger partial charge in [0.05, 0.1) is 51.0 Å². The number of benzene rings is 4. The van der Waals surface area contributed by atoms with Gasteiger partial charge in [-0.1, -0.05) is 44.9 Å². The van der Waals surface area contributed by atoms with E-state index in [0.717, 1.165) is 52.7 Å². The fourth-order valence-electron chi connectivity index (χ4n) is 9.30. The van der Waals surface area contributed by atoms with Crippen LogP contribution in [-0.2, 0) is 40.1 Å². The van der Waals surface area contributed by atoms with Gasteiger partial charge in [0.25, 0.3) is 63.7 Å². The Kier molecular flexibility index (Phi) is 13.3. The Balaban J connectivity index is 0.000000254. The van der Waals surface area contributed by atoms with Crippen molar-refractivity contribution < 1.29 is 164 Å². The molecule has 4 aromatic carbocycles. The molecule has 8 aromatic heterocycles. The quantitative estimate of drug-likeness (QED) is 0.0260. The third kappa shape index (κ3) is 21.0. The summed E-state index contributed by atoms with van der Waals surface area (Å²) in [5.41, 5.74) is -19.6. The summed E-state index contributed by atoms with van der Waals surface area (Å²) in [6, 6.07) is 1.53. The van der Waals surface area contributed by atoms with Gasteiger partial charge in [-0.15, -0.1) is 45.3 Å². The molecule has 0 saturated heterocycles. The van der Waals surface area contributed by atoms with Crippen molar-refractivity contribution in [2.24, 2.45) is 0 Å². The lowest BCUT2D eigenvalue weighted by Crippen LogP contribution is -2.20. The van der Waals surface area contributed by atoms with E-state index >= 15 is 0 Å². The predicted molar refractivity (Wildman–Crippen MR) is 460 cm³/mol. The van der Waals surface area contributed by atoms with Gasteiger partial charge in [0.15, 0.2) is 34.4 Å². The largest absolute Gasteiger partial charge is 0.337 e. The number of thiophene rings is 4. The molecule has 12 rings (SSSR count). The maximum absolute atomic E-state index is 13.6. The van der Waals surface area contributed by atoms with Crippen molar-refractivity contribution in [3.05, 3.63) is 226 Å². The van der Waals surface area contributed by atoms with Crippen molar-refractivity contribution >= 4 is 178 Å². The first kappa shape index (κ1) is 42.8. The molecule has 120 heavy (non-hydrogen) atoms. The molecule has 0 bridgehead atoms. The second-order valence-electron chi connectivity index (χ2n) is 23.3.